The molecule has 1 aliphatic rings. The molecule has 1 aliphatic heterocycles. The van der Waals surface area contributed by atoms with Crippen LogP contribution >= 0.6 is 0 Å². The lowest BCUT2D eigenvalue weighted by Crippen LogP contribution is -2.63. The second kappa shape index (κ2) is 8.69. The zero-order valence-corrected chi connectivity index (χ0v) is 17.9. The summed E-state index contributed by atoms with van der Waals surface area (Å²) in [6, 6.07) is 1.79. The molecular weight excluding hydrogens is 378 g/mol. The van der Waals surface area contributed by atoms with Gasteiger partial charge in [-0.2, -0.15) is 0 Å². The highest BCUT2D eigenvalue weighted by atomic mass is 16.6. The zero-order chi connectivity index (χ0) is 22.0. The van der Waals surface area contributed by atoms with Gasteiger partial charge >= 0.3 is 11.9 Å². The van der Waals surface area contributed by atoms with Crippen LogP contribution < -0.4 is 0 Å². The van der Waals surface area contributed by atoms with E-state index in [9.17, 15) is 19.8 Å². The Morgan fingerprint density at radius 1 is 1.38 bits per heavy atom. The van der Waals surface area contributed by atoms with Crippen LogP contribution in [0.5, 0.6) is 0 Å². The third kappa shape index (κ3) is 4.39. The Balaban J connectivity index is 2.17. The van der Waals surface area contributed by atoms with Gasteiger partial charge in [0.05, 0.1) is 11.8 Å². The van der Waals surface area contributed by atoms with Gasteiger partial charge < -0.3 is 29.0 Å². The first kappa shape index (κ1) is 23.1. The summed E-state index contributed by atoms with van der Waals surface area (Å²) >= 11 is 0. The van der Waals surface area contributed by atoms with E-state index in [2.05, 4.69) is 0 Å². The topological polar surface area (TPSA) is 107 Å². The molecule has 0 aliphatic carbocycles. The molecule has 1 aromatic rings. The van der Waals surface area contributed by atoms with Crippen LogP contribution in [0.1, 0.15) is 58.4 Å². The summed E-state index contributed by atoms with van der Waals surface area (Å²) in [5, 5.41) is 21.2. The first-order valence-electron chi connectivity index (χ1n) is 9.63. The van der Waals surface area contributed by atoms with Gasteiger partial charge in [0, 0.05) is 37.4 Å². The molecule has 3 unspecified atom stereocenters. The van der Waals surface area contributed by atoms with Crippen molar-refractivity contribution in [3.05, 3.63) is 35.2 Å². The van der Waals surface area contributed by atoms with Crippen molar-refractivity contribution in [1.29, 1.82) is 0 Å². The highest BCUT2D eigenvalue weighted by Gasteiger charge is 2.55. The molecule has 2 heterocycles. The molecule has 0 fully saturated rings. The van der Waals surface area contributed by atoms with E-state index in [1.807, 2.05) is 10.8 Å². The Labute approximate surface area is 171 Å². The lowest BCUT2D eigenvalue weighted by atomic mass is 9.81. The lowest BCUT2D eigenvalue weighted by Gasteiger charge is -2.39. The van der Waals surface area contributed by atoms with Gasteiger partial charge in [-0.3, -0.25) is 0 Å². The summed E-state index contributed by atoms with van der Waals surface area (Å²) in [6.07, 6.45) is 2.73. The van der Waals surface area contributed by atoms with E-state index in [0.29, 0.717) is 24.1 Å². The predicted molar refractivity (Wildman–Crippen MR) is 105 cm³/mol. The van der Waals surface area contributed by atoms with Crippen LogP contribution in [0.4, 0.5) is 0 Å². The van der Waals surface area contributed by atoms with E-state index in [0.717, 1.165) is 5.69 Å². The number of nitrogens with zero attached hydrogens (tertiary/aromatic N) is 1. The van der Waals surface area contributed by atoms with Crippen molar-refractivity contribution in [3.8, 4) is 0 Å². The SMILES string of the molecule is CC=C(C)C(=O)OC1CCn2ccc(COC(=O)C(O)(C(C)OC)C(C)(C)O)c21. The van der Waals surface area contributed by atoms with Gasteiger partial charge in [0.25, 0.3) is 0 Å². The average Bonchev–Trinajstić information content (AvgIpc) is 3.26. The minimum Gasteiger partial charge on any atom is -0.458 e. The molecule has 0 aromatic carbocycles. The minimum atomic E-state index is -2.25. The minimum absolute atomic E-state index is 0.132. The first-order valence-corrected chi connectivity index (χ1v) is 9.63. The fourth-order valence-corrected chi connectivity index (χ4v) is 3.42. The maximum absolute atomic E-state index is 12.7. The number of methoxy groups -OCH3 is 1. The zero-order valence-electron chi connectivity index (χ0n) is 17.9. The van der Waals surface area contributed by atoms with Crippen LogP contribution in [0.25, 0.3) is 0 Å². The maximum Gasteiger partial charge on any atom is 0.344 e. The van der Waals surface area contributed by atoms with E-state index in [1.54, 1.807) is 26.0 Å². The summed E-state index contributed by atoms with van der Waals surface area (Å²) in [5.74, 6) is -1.38. The number of aryl methyl sites for hydroxylation is 1. The molecule has 0 saturated heterocycles. The predicted octanol–water partition coefficient (Wildman–Crippen LogP) is 2.02. The smallest absolute Gasteiger partial charge is 0.344 e. The third-order valence-corrected chi connectivity index (χ3v) is 5.58. The number of hydrogen-bond donors (Lipinski definition) is 2. The van der Waals surface area contributed by atoms with Crippen LogP contribution in [0.2, 0.25) is 0 Å². The van der Waals surface area contributed by atoms with Crippen molar-refractivity contribution in [2.45, 2.75) is 77.6 Å². The van der Waals surface area contributed by atoms with Crippen molar-refractivity contribution in [1.82, 2.24) is 4.57 Å². The fraction of sp³-hybridized carbons (Fsp3) is 0.619. The van der Waals surface area contributed by atoms with Gasteiger partial charge in [0.1, 0.15) is 18.3 Å². The molecule has 0 saturated carbocycles. The Morgan fingerprint density at radius 2 is 2.03 bits per heavy atom. The molecule has 3 atom stereocenters. The number of aliphatic hydroxyl groups is 2. The van der Waals surface area contributed by atoms with Crippen LogP contribution in [0.15, 0.2) is 23.9 Å². The van der Waals surface area contributed by atoms with Crippen LogP contribution in [0, 0.1) is 0 Å². The molecule has 0 bridgehead atoms. The molecule has 162 valence electrons. The number of rotatable bonds is 8. The summed E-state index contributed by atoms with van der Waals surface area (Å²) in [6.45, 7) is 8.13. The van der Waals surface area contributed by atoms with Gasteiger partial charge in [-0.1, -0.05) is 6.08 Å². The summed E-state index contributed by atoms with van der Waals surface area (Å²) in [4.78, 5) is 24.8. The molecule has 29 heavy (non-hydrogen) atoms. The van der Waals surface area contributed by atoms with Gasteiger partial charge in [0.2, 0.25) is 5.60 Å². The van der Waals surface area contributed by atoms with Gasteiger partial charge in [-0.05, 0) is 40.7 Å². The molecule has 0 radical (unpaired) electrons. The fourth-order valence-electron chi connectivity index (χ4n) is 3.42. The number of esters is 2. The Hall–Kier alpha value is -2.16. The molecule has 8 heteroatoms. The number of allylic oxidation sites excluding steroid dienone is 1. The van der Waals surface area contributed by atoms with E-state index < -0.39 is 29.4 Å². The van der Waals surface area contributed by atoms with Gasteiger partial charge in [0.15, 0.2) is 0 Å². The van der Waals surface area contributed by atoms with Crippen molar-refractivity contribution < 1.29 is 34.0 Å². The van der Waals surface area contributed by atoms with E-state index in [4.69, 9.17) is 14.2 Å². The monoisotopic (exact) mass is 409 g/mol. The van der Waals surface area contributed by atoms with E-state index in [1.165, 1.54) is 27.9 Å². The molecule has 2 N–H and O–H groups in total. The third-order valence-electron chi connectivity index (χ3n) is 5.58. The number of hydrogen-bond acceptors (Lipinski definition) is 7. The number of aromatic nitrogens is 1. The summed E-state index contributed by atoms with van der Waals surface area (Å²) < 4.78 is 18.0. The standard InChI is InChI=1S/C21H31NO7/c1-7-13(2)18(23)29-16-9-11-22-10-8-15(17(16)22)12-28-19(24)21(26,14(3)27-6)20(4,5)25/h7-8,10,14,16,25-26H,9,11-12H2,1-6H3. The highest BCUT2D eigenvalue weighted by Crippen LogP contribution is 2.35. The Bertz CT molecular complexity index is 789. The second-order valence-corrected chi connectivity index (χ2v) is 7.85. The molecule has 2 rings (SSSR count). The van der Waals surface area contributed by atoms with E-state index >= 15 is 0 Å². The maximum atomic E-state index is 12.7. The quantitative estimate of drug-likeness (QED) is 0.500. The Kier molecular flexibility index (Phi) is 6.93. The number of ether oxygens (including phenoxy) is 3. The normalized spacial score (nSPS) is 20.0. The van der Waals surface area contributed by atoms with Crippen molar-refractivity contribution in [2.75, 3.05) is 7.11 Å². The molecular formula is C21H31NO7. The molecule has 0 spiro atoms. The molecule has 8 nitrogen and oxygen atoms in total. The van der Waals surface area contributed by atoms with Gasteiger partial charge in [-0.25, -0.2) is 9.59 Å². The summed E-state index contributed by atoms with van der Waals surface area (Å²) in [7, 11) is 1.33. The second-order valence-electron chi connectivity index (χ2n) is 7.85. The van der Waals surface area contributed by atoms with Crippen molar-refractivity contribution in [2.24, 2.45) is 0 Å². The summed E-state index contributed by atoms with van der Waals surface area (Å²) in [5.41, 5.74) is -2.08. The average molecular weight is 409 g/mol. The van der Waals surface area contributed by atoms with Crippen LogP contribution in [-0.4, -0.2) is 51.1 Å². The van der Waals surface area contributed by atoms with E-state index in [-0.39, 0.29) is 12.6 Å². The number of fused-ring (bicyclic) bond motifs is 1. The largest absolute Gasteiger partial charge is 0.458 e. The van der Waals surface area contributed by atoms with Crippen molar-refractivity contribution in [3.63, 3.8) is 0 Å². The molecule has 1 aromatic heterocycles. The Morgan fingerprint density at radius 3 is 2.59 bits per heavy atom. The van der Waals surface area contributed by atoms with Crippen LogP contribution in [0.3, 0.4) is 0 Å². The first-order chi connectivity index (χ1) is 13.5. The molecule has 0 amide bonds. The number of carbonyl (C=O) groups is 2. The van der Waals surface area contributed by atoms with Crippen molar-refractivity contribution >= 4 is 11.9 Å². The van der Waals surface area contributed by atoms with Gasteiger partial charge in [-0.15, -0.1) is 0 Å². The number of carbonyl (C=O) groups excluding carboxylic acids is 2. The van der Waals surface area contributed by atoms with Crippen LogP contribution in [-0.2, 0) is 37.0 Å². The highest BCUT2D eigenvalue weighted by molar-refractivity contribution is 5.87. The lowest BCUT2D eigenvalue weighted by molar-refractivity contribution is -0.218.